The average molecular weight is 354 g/mol. The Balaban J connectivity index is 1.62. The third kappa shape index (κ3) is 4.40. The molecule has 1 heterocycles. The van der Waals surface area contributed by atoms with Gasteiger partial charge in [0, 0.05) is 19.2 Å². The third-order valence-corrected chi connectivity index (χ3v) is 4.22. The fourth-order valence-corrected chi connectivity index (χ4v) is 2.79. The number of benzene rings is 2. The minimum Gasteiger partial charge on any atom is -0.491 e. The maximum Gasteiger partial charge on any atom is 0.255 e. The summed E-state index contributed by atoms with van der Waals surface area (Å²) in [5, 5.41) is 5.34. The summed E-state index contributed by atoms with van der Waals surface area (Å²) in [5.41, 5.74) is 1.37. The molecule has 2 aromatic rings. The molecule has 1 aliphatic rings. The van der Waals surface area contributed by atoms with Gasteiger partial charge < -0.3 is 20.1 Å². The van der Waals surface area contributed by atoms with Crippen molar-refractivity contribution in [1.29, 1.82) is 0 Å². The summed E-state index contributed by atoms with van der Waals surface area (Å²) in [5.74, 6) is 0.161. The van der Waals surface area contributed by atoms with Crippen LogP contribution in [0.4, 0.5) is 5.69 Å². The summed E-state index contributed by atoms with van der Waals surface area (Å²) in [6, 6.07) is 13.8. The van der Waals surface area contributed by atoms with Crippen LogP contribution in [0.15, 0.2) is 48.5 Å². The number of para-hydroxylation sites is 1. The van der Waals surface area contributed by atoms with Crippen LogP contribution in [0.1, 0.15) is 33.6 Å². The molecular weight excluding hydrogens is 332 g/mol. The van der Waals surface area contributed by atoms with Crippen molar-refractivity contribution in [3.05, 3.63) is 59.7 Å². The van der Waals surface area contributed by atoms with Crippen LogP contribution >= 0.6 is 0 Å². The minimum atomic E-state index is -0.285. The Bertz CT molecular complexity index is 768. The molecular formula is C20H22N2O4. The molecule has 0 aromatic heterocycles. The van der Waals surface area contributed by atoms with Crippen molar-refractivity contribution in [3.63, 3.8) is 0 Å². The number of nitrogens with one attached hydrogen (secondary N) is 2. The number of hydrogen-bond donors (Lipinski definition) is 2. The van der Waals surface area contributed by atoms with E-state index >= 15 is 0 Å². The van der Waals surface area contributed by atoms with Gasteiger partial charge in [-0.1, -0.05) is 12.1 Å². The van der Waals surface area contributed by atoms with Gasteiger partial charge in [0.05, 0.1) is 17.4 Å². The van der Waals surface area contributed by atoms with Crippen LogP contribution in [0.3, 0.4) is 0 Å². The predicted octanol–water partition coefficient (Wildman–Crippen LogP) is 2.86. The molecule has 0 aliphatic carbocycles. The molecule has 6 heteroatoms. The zero-order chi connectivity index (χ0) is 18.4. The molecule has 0 saturated carbocycles. The topological polar surface area (TPSA) is 76.7 Å². The van der Waals surface area contributed by atoms with Crippen LogP contribution in [0.2, 0.25) is 0 Å². The van der Waals surface area contributed by atoms with Crippen LogP contribution in [0, 0.1) is 0 Å². The Labute approximate surface area is 152 Å². The van der Waals surface area contributed by atoms with Gasteiger partial charge in [0.2, 0.25) is 0 Å². The molecule has 136 valence electrons. The molecule has 0 spiro atoms. The molecule has 6 nitrogen and oxygen atoms in total. The van der Waals surface area contributed by atoms with Gasteiger partial charge in [-0.25, -0.2) is 0 Å². The summed E-state index contributed by atoms with van der Waals surface area (Å²) in [6.07, 6.45) is 2.25. The number of hydrogen-bond acceptors (Lipinski definition) is 4. The first-order chi connectivity index (χ1) is 12.7. The Hall–Kier alpha value is -2.86. The van der Waals surface area contributed by atoms with E-state index in [9.17, 15) is 9.59 Å². The molecule has 3 rings (SSSR count). The summed E-state index contributed by atoms with van der Waals surface area (Å²) in [7, 11) is 1.55. The molecule has 2 N–H and O–H groups in total. The highest BCUT2D eigenvalue weighted by Crippen LogP contribution is 2.19. The number of amides is 2. The lowest BCUT2D eigenvalue weighted by atomic mass is 10.1. The summed E-state index contributed by atoms with van der Waals surface area (Å²) < 4.78 is 11.2. The minimum absolute atomic E-state index is 0.152. The van der Waals surface area contributed by atoms with Crippen LogP contribution in [0.5, 0.6) is 5.75 Å². The second kappa shape index (κ2) is 8.49. The third-order valence-electron chi connectivity index (χ3n) is 4.22. The van der Waals surface area contributed by atoms with Gasteiger partial charge in [0.15, 0.2) is 0 Å². The molecule has 1 fully saturated rings. The van der Waals surface area contributed by atoms with Gasteiger partial charge in [-0.05, 0) is 49.2 Å². The van der Waals surface area contributed by atoms with E-state index in [1.54, 1.807) is 55.6 Å². The summed E-state index contributed by atoms with van der Waals surface area (Å²) >= 11 is 0. The maximum atomic E-state index is 12.5. The van der Waals surface area contributed by atoms with Gasteiger partial charge in [0.1, 0.15) is 12.4 Å². The Morgan fingerprint density at radius 1 is 1.12 bits per heavy atom. The molecule has 1 atom stereocenters. The Kier molecular flexibility index (Phi) is 5.86. The Morgan fingerprint density at radius 3 is 2.58 bits per heavy atom. The zero-order valence-corrected chi connectivity index (χ0v) is 14.7. The monoisotopic (exact) mass is 354 g/mol. The van der Waals surface area contributed by atoms with E-state index in [1.807, 2.05) is 0 Å². The van der Waals surface area contributed by atoms with Crippen LogP contribution < -0.4 is 15.4 Å². The van der Waals surface area contributed by atoms with Gasteiger partial charge in [0.25, 0.3) is 11.8 Å². The zero-order valence-electron chi connectivity index (χ0n) is 14.7. The van der Waals surface area contributed by atoms with Crippen molar-refractivity contribution in [2.24, 2.45) is 0 Å². The van der Waals surface area contributed by atoms with Crippen molar-refractivity contribution in [2.45, 2.75) is 18.9 Å². The fourth-order valence-electron chi connectivity index (χ4n) is 2.79. The van der Waals surface area contributed by atoms with Crippen LogP contribution in [0.25, 0.3) is 0 Å². The van der Waals surface area contributed by atoms with E-state index in [2.05, 4.69) is 10.6 Å². The lowest BCUT2D eigenvalue weighted by Gasteiger charge is -2.12. The van der Waals surface area contributed by atoms with Gasteiger partial charge >= 0.3 is 0 Å². The molecule has 1 unspecified atom stereocenters. The normalized spacial score (nSPS) is 16.1. The largest absolute Gasteiger partial charge is 0.491 e. The number of carbonyl (C=O) groups excluding carboxylic acids is 2. The average Bonchev–Trinajstić information content (AvgIpc) is 3.20. The number of anilines is 1. The second-order valence-corrected chi connectivity index (χ2v) is 6.05. The SMILES string of the molecule is CNC(=O)c1ccccc1NC(=O)c1ccc(OCC2CCCO2)cc1. The van der Waals surface area contributed by atoms with E-state index in [0.29, 0.717) is 29.2 Å². The first kappa shape index (κ1) is 17.9. The van der Waals surface area contributed by atoms with E-state index in [0.717, 1.165) is 19.4 Å². The molecule has 1 saturated heterocycles. The first-order valence-electron chi connectivity index (χ1n) is 8.64. The standard InChI is InChI=1S/C20H22N2O4/c1-21-20(24)17-6-2-3-7-18(17)22-19(23)14-8-10-15(11-9-14)26-13-16-5-4-12-25-16/h2-3,6-11,16H,4-5,12-13H2,1H3,(H,21,24)(H,22,23). The van der Waals surface area contributed by atoms with Crippen LogP contribution in [-0.2, 0) is 4.74 Å². The fraction of sp³-hybridized carbons (Fsp3) is 0.300. The van der Waals surface area contributed by atoms with Crippen LogP contribution in [-0.4, -0.2) is 38.2 Å². The van der Waals surface area contributed by atoms with Gasteiger partial charge in [-0.15, -0.1) is 0 Å². The highest BCUT2D eigenvalue weighted by molar-refractivity contribution is 6.08. The van der Waals surface area contributed by atoms with Gasteiger partial charge in [-0.3, -0.25) is 9.59 Å². The van der Waals surface area contributed by atoms with Crippen molar-refractivity contribution in [2.75, 3.05) is 25.6 Å². The summed E-state index contributed by atoms with van der Waals surface area (Å²) in [4.78, 5) is 24.3. The molecule has 2 aromatic carbocycles. The van der Waals surface area contributed by atoms with E-state index in [-0.39, 0.29) is 17.9 Å². The Morgan fingerprint density at radius 2 is 1.88 bits per heavy atom. The maximum absolute atomic E-state index is 12.5. The molecule has 2 amide bonds. The van der Waals surface area contributed by atoms with E-state index in [1.165, 1.54) is 0 Å². The van der Waals surface area contributed by atoms with Gasteiger partial charge in [-0.2, -0.15) is 0 Å². The van der Waals surface area contributed by atoms with Crippen molar-refractivity contribution in [3.8, 4) is 5.75 Å². The number of ether oxygens (including phenoxy) is 2. The summed E-state index contributed by atoms with van der Waals surface area (Å²) in [6.45, 7) is 1.32. The molecule has 26 heavy (non-hydrogen) atoms. The molecule has 0 radical (unpaired) electrons. The van der Waals surface area contributed by atoms with Crippen molar-refractivity contribution < 1.29 is 19.1 Å². The quantitative estimate of drug-likeness (QED) is 0.836. The smallest absolute Gasteiger partial charge is 0.255 e. The highest BCUT2D eigenvalue weighted by atomic mass is 16.5. The lowest BCUT2D eigenvalue weighted by molar-refractivity contribution is 0.0679. The number of carbonyl (C=O) groups is 2. The number of rotatable bonds is 6. The molecule has 1 aliphatic heterocycles. The molecule has 0 bridgehead atoms. The lowest BCUT2D eigenvalue weighted by Crippen LogP contribution is -2.21. The predicted molar refractivity (Wildman–Crippen MR) is 98.7 cm³/mol. The van der Waals surface area contributed by atoms with E-state index < -0.39 is 0 Å². The van der Waals surface area contributed by atoms with E-state index in [4.69, 9.17) is 9.47 Å². The first-order valence-corrected chi connectivity index (χ1v) is 8.64. The second-order valence-electron chi connectivity index (χ2n) is 6.05. The highest BCUT2D eigenvalue weighted by Gasteiger charge is 2.16. The van der Waals surface area contributed by atoms with Crippen molar-refractivity contribution in [1.82, 2.24) is 5.32 Å². The van der Waals surface area contributed by atoms with Crippen molar-refractivity contribution >= 4 is 17.5 Å².